The normalized spacial score (nSPS) is 15.3. The lowest BCUT2D eigenvalue weighted by atomic mass is 9.95. The molecule has 0 bridgehead atoms. The molecule has 0 saturated carbocycles. The minimum Gasteiger partial charge on any atom is -0.507 e. The number of nitrogens with zero attached hydrogens (tertiary/aromatic N) is 2. The van der Waals surface area contributed by atoms with Gasteiger partial charge >= 0.3 is 0 Å². The topological polar surface area (TPSA) is 69.2 Å². The Morgan fingerprint density at radius 1 is 0.968 bits per heavy atom. The van der Waals surface area contributed by atoms with Crippen molar-refractivity contribution in [2.24, 2.45) is 0 Å². The number of aromatic amines is 1. The predicted molar refractivity (Wildman–Crippen MR) is 120 cm³/mol. The third-order valence-corrected chi connectivity index (χ3v) is 5.94. The molecular formula is C25H20ClN3O2. The maximum atomic E-state index is 13.4. The van der Waals surface area contributed by atoms with Crippen LogP contribution < -0.4 is 0 Å². The first-order valence-electron chi connectivity index (χ1n) is 10.1. The number of aromatic nitrogens is 2. The van der Waals surface area contributed by atoms with Crippen molar-refractivity contribution in [3.05, 3.63) is 106 Å². The minimum absolute atomic E-state index is 0.0972. The lowest BCUT2D eigenvalue weighted by Crippen LogP contribution is -2.31. The van der Waals surface area contributed by atoms with Crippen molar-refractivity contribution in [3.8, 4) is 17.0 Å². The summed E-state index contributed by atoms with van der Waals surface area (Å²) in [6.45, 7) is 0.554. The van der Waals surface area contributed by atoms with Gasteiger partial charge in [0.25, 0.3) is 5.91 Å². The van der Waals surface area contributed by atoms with Crippen LogP contribution in [0.3, 0.4) is 0 Å². The van der Waals surface area contributed by atoms with Crippen LogP contribution in [-0.2, 0) is 6.42 Å². The van der Waals surface area contributed by atoms with Gasteiger partial charge in [-0.2, -0.15) is 5.10 Å². The molecule has 5 nitrogen and oxygen atoms in total. The molecule has 4 aromatic rings. The second-order valence-electron chi connectivity index (χ2n) is 7.57. The fraction of sp³-hybridized carbons (Fsp3) is 0.120. The molecule has 31 heavy (non-hydrogen) atoms. The summed E-state index contributed by atoms with van der Waals surface area (Å²) in [6.07, 6.45) is 0.736. The Kier molecular flexibility index (Phi) is 4.96. The number of benzene rings is 3. The third-order valence-electron chi connectivity index (χ3n) is 5.69. The Morgan fingerprint density at radius 2 is 1.68 bits per heavy atom. The van der Waals surface area contributed by atoms with Crippen LogP contribution in [0.2, 0.25) is 5.02 Å². The van der Waals surface area contributed by atoms with Crippen LogP contribution in [0, 0.1) is 0 Å². The summed E-state index contributed by atoms with van der Waals surface area (Å²) in [5, 5.41) is 18.4. The number of carbonyl (C=O) groups is 1. The first-order valence-corrected chi connectivity index (χ1v) is 10.5. The van der Waals surface area contributed by atoms with Crippen LogP contribution in [0.5, 0.6) is 5.75 Å². The number of para-hydroxylation sites is 1. The largest absolute Gasteiger partial charge is 0.507 e. The Labute approximate surface area is 184 Å². The summed E-state index contributed by atoms with van der Waals surface area (Å²) < 4.78 is 0. The van der Waals surface area contributed by atoms with E-state index in [4.69, 9.17) is 11.6 Å². The standard InChI is InChI=1S/C25H20ClN3O2/c26-18-12-10-17(11-13-18)24-21-22(19-8-4-5-9-20(19)30)27-28-23(21)25(31)29(24)15-14-16-6-2-1-3-7-16/h1-13,24,30H,14-15H2,(H,27,28)/t24-/m1/s1. The van der Waals surface area contributed by atoms with Gasteiger partial charge in [0.2, 0.25) is 0 Å². The number of hydrogen-bond donors (Lipinski definition) is 2. The first kappa shape index (κ1) is 19.4. The predicted octanol–water partition coefficient (Wildman–Crippen LogP) is 5.22. The number of phenolic OH excluding ortho intramolecular Hbond substituents is 1. The monoisotopic (exact) mass is 429 g/mol. The van der Waals surface area contributed by atoms with E-state index in [0.29, 0.717) is 28.5 Å². The molecule has 1 aliphatic rings. The molecule has 1 aliphatic heterocycles. The second kappa shape index (κ2) is 7.93. The number of hydrogen-bond acceptors (Lipinski definition) is 3. The lowest BCUT2D eigenvalue weighted by molar-refractivity contribution is 0.0746. The fourth-order valence-electron chi connectivity index (χ4n) is 4.19. The van der Waals surface area contributed by atoms with Crippen molar-refractivity contribution in [2.75, 3.05) is 6.54 Å². The molecule has 0 saturated heterocycles. The molecule has 2 heterocycles. The van der Waals surface area contributed by atoms with Gasteiger partial charge in [0.15, 0.2) is 0 Å². The summed E-state index contributed by atoms with van der Waals surface area (Å²) in [4.78, 5) is 15.2. The van der Waals surface area contributed by atoms with Crippen LogP contribution in [0.15, 0.2) is 78.9 Å². The van der Waals surface area contributed by atoms with E-state index in [1.165, 1.54) is 5.56 Å². The van der Waals surface area contributed by atoms with Crippen molar-refractivity contribution >= 4 is 17.5 Å². The maximum Gasteiger partial charge on any atom is 0.273 e. The molecule has 0 aliphatic carbocycles. The van der Waals surface area contributed by atoms with Gasteiger partial charge in [0.1, 0.15) is 17.1 Å². The Morgan fingerprint density at radius 3 is 2.42 bits per heavy atom. The number of amides is 1. The highest BCUT2D eigenvalue weighted by atomic mass is 35.5. The van der Waals surface area contributed by atoms with Crippen LogP contribution in [0.1, 0.15) is 33.2 Å². The zero-order chi connectivity index (χ0) is 21.4. The molecule has 0 radical (unpaired) electrons. The van der Waals surface area contributed by atoms with Crippen molar-refractivity contribution < 1.29 is 9.90 Å². The zero-order valence-electron chi connectivity index (χ0n) is 16.6. The molecule has 3 aromatic carbocycles. The highest BCUT2D eigenvalue weighted by Gasteiger charge is 2.42. The number of nitrogens with one attached hydrogen (secondary N) is 1. The van der Waals surface area contributed by atoms with E-state index >= 15 is 0 Å². The molecule has 0 fully saturated rings. The van der Waals surface area contributed by atoms with E-state index in [0.717, 1.165) is 17.5 Å². The van der Waals surface area contributed by atoms with Gasteiger partial charge in [-0.25, -0.2) is 0 Å². The SMILES string of the molecule is O=C1c2[nH]nc(-c3ccccc3O)c2[C@@H](c2ccc(Cl)cc2)N1CCc1ccccc1. The number of aromatic hydroxyl groups is 1. The number of H-pyrrole nitrogens is 1. The molecule has 154 valence electrons. The van der Waals surface area contributed by atoms with Crippen molar-refractivity contribution in [1.82, 2.24) is 15.1 Å². The van der Waals surface area contributed by atoms with Crippen LogP contribution in [-0.4, -0.2) is 32.7 Å². The number of phenols is 1. The smallest absolute Gasteiger partial charge is 0.273 e. The van der Waals surface area contributed by atoms with Crippen molar-refractivity contribution in [1.29, 1.82) is 0 Å². The number of rotatable bonds is 5. The molecule has 1 amide bonds. The summed E-state index contributed by atoms with van der Waals surface area (Å²) in [5.74, 6) is 0.0295. The van der Waals surface area contributed by atoms with Gasteiger partial charge in [-0.15, -0.1) is 0 Å². The molecule has 0 unspecified atom stereocenters. The van der Waals surface area contributed by atoms with Gasteiger partial charge in [0, 0.05) is 22.7 Å². The van der Waals surface area contributed by atoms with Crippen molar-refractivity contribution in [2.45, 2.75) is 12.5 Å². The molecule has 1 aromatic heterocycles. The van der Waals surface area contributed by atoms with Crippen LogP contribution in [0.4, 0.5) is 0 Å². The molecule has 2 N–H and O–H groups in total. The summed E-state index contributed by atoms with van der Waals surface area (Å²) in [5.41, 5.74) is 4.54. The van der Waals surface area contributed by atoms with Crippen LogP contribution in [0.25, 0.3) is 11.3 Å². The van der Waals surface area contributed by atoms with E-state index in [-0.39, 0.29) is 17.7 Å². The van der Waals surface area contributed by atoms with E-state index in [1.807, 2.05) is 59.5 Å². The highest BCUT2D eigenvalue weighted by Crippen LogP contribution is 2.44. The molecule has 1 atom stereocenters. The summed E-state index contributed by atoms with van der Waals surface area (Å²) >= 11 is 6.12. The first-order chi connectivity index (χ1) is 15.1. The average Bonchev–Trinajstić information content (AvgIpc) is 3.33. The maximum absolute atomic E-state index is 13.4. The third kappa shape index (κ3) is 3.47. The van der Waals surface area contributed by atoms with Gasteiger partial charge in [0.05, 0.1) is 6.04 Å². The Balaban J connectivity index is 1.59. The molecular weight excluding hydrogens is 410 g/mol. The van der Waals surface area contributed by atoms with E-state index in [9.17, 15) is 9.90 Å². The summed E-state index contributed by atoms with van der Waals surface area (Å²) in [6, 6.07) is 24.4. The Hall–Kier alpha value is -3.57. The van der Waals surface area contributed by atoms with Gasteiger partial charge in [-0.3, -0.25) is 9.89 Å². The van der Waals surface area contributed by atoms with Gasteiger partial charge in [-0.05, 0) is 41.8 Å². The average molecular weight is 430 g/mol. The van der Waals surface area contributed by atoms with Crippen LogP contribution >= 0.6 is 11.6 Å². The highest BCUT2D eigenvalue weighted by molar-refractivity contribution is 6.30. The Bertz CT molecular complexity index is 1240. The van der Waals surface area contributed by atoms with E-state index in [2.05, 4.69) is 22.3 Å². The van der Waals surface area contributed by atoms with Gasteiger partial charge < -0.3 is 10.0 Å². The second-order valence-corrected chi connectivity index (χ2v) is 8.00. The number of carbonyl (C=O) groups excluding carboxylic acids is 1. The summed E-state index contributed by atoms with van der Waals surface area (Å²) in [7, 11) is 0. The minimum atomic E-state index is -0.322. The number of fused-ring (bicyclic) bond motifs is 1. The van der Waals surface area contributed by atoms with E-state index < -0.39 is 0 Å². The van der Waals surface area contributed by atoms with Crippen molar-refractivity contribution in [3.63, 3.8) is 0 Å². The molecule has 0 spiro atoms. The van der Waals surface area contributed by atoms with Gasteiger partial charge in [-0.1, -0.05) is 66.2 Å². The molecule has 5 rings (SSSR count). The lowest BCUT2D eigenvalue weighted by Gasteiger charge is -2.26. The quantitative estimate of drug-likeness (QED) is 0.456. The van der Waals surface area contributed by atoms with E-state index in [1.54, 1.807) is 12.1 Å². The number of halogens is 1. The molecule has 6 heteroatoms. The fourth-order valence-corrected chi connectivity index (χ4v) is 4.32. The zero-order valence-corrected chi connectivity index (χ0v) is 17.4.